The Bertz CT molecular complexity index is 1270. The van der Waals surface area contributed by atoms with Crippen molar-refractivity contribution in [1.29, 1.82) is 0 Å². The molecule has 1 aliphatic carbocycles. The number of rotatable bonds is 6. The van der Waals surface area contributed by atoms with Crippen molar-refractivity contribution in [2.75, 3.05) is 0 Å². The summed E-state index contributed by atoms with van der Waals surface area (Å²) in [5, 5.41) is 0.756. The molecule has 0 N–H and O–H groups in total. The van der Waals surface area contributed by atoms with Gasteiger partial charge in [0.05, 0.1) is 10.6 Å². The molecule has 2 aliphatic rings. The topological polar surface area (TPSA) is 41.9 Å². The average Bonchev–Trinajstić information content (AvgIpc) is 3.18. The first-order chi connectivity index (χ1) is 17.6. The molecule has 3 aromatic carbocycles. The summed E-state index contributed by atoms with van der Waals surface area (Å²) in [4.78, 5) is 21.1. The Morgan fingerprint density at radius 3 is 2.56 bits per heavy atom. The third-order valence-corrected chi connectivity index (χ3v) is 7.67. The maximum absolute atomic E-state index is 13.6. The van der Waals surface area contributed by atoms with Crippen LogP contribution in [0, 0.1) is 11.7 Å². The summed E-state index contributed by atoms with van der Waals surface area (Å²) >= 11 is 1.45. The van der Waals surface area contributed by atoms with Crippen LogP contribution in [0.25, 0.3) is 6.08 Å². The van der Waals surface area contributed by atoms with Gasteiger partial charge >= 0.3 is 0 Å². The monoisotopic (exact) mass is 500 g/mol. The van der Waals surface area contributed by atoms with Crippen molar-refractivity contribution in [3.63, 3.8) is 0 Å². The molecule has 0 bridgehead atoms. The number of hydrogen-bond acceptors (Lipinski definition) is 4. The van der Waals surface area contributed by atoms with E-state index in [2.05, 4.69) is 6.92 Å². The minimum Gasteiger partial charge on any atom is -0.489 e. The first kappa shape index (κ1) is 24.3. The van der Waals surface area contributed by atoms with E-state index in [1.165, 1.54) is 30.3 Å². The van der Waals surface area contributed by atoms with Crippen molar-refractivity contribution >= 4 is 34.6 Å². The van der Waals surface area contributed by atoms with Gasteiger partial charge in [0.25, 0.3) is 5.91 Å². The van der Waals surface area contributed by atoms with E-state index < -0.39 is 0 Å². The molecule has 2 fully saturated rings. The normalized spacial score (nSPS) is 22.4. The van der Waals surface area contributed by atoms with E-state index in [1.807, 2.05) is 71.6 Å². The number of aliphatic imine (C=N–C) groups is 1. The summed E-state index contributed by atoms with van der Waals surface area (Å²) in [5.41, 5.74) is 2.54. The van der Waals surface area contributed by atoms with Gasteiger partial charge in [-0.3, -0.25) is 9.69 Å². The molecule has 1 saturated heterocycles. The van der Waals surface area contributed by atoms with E-state index in [9.17, 15) is 9.18 Å². The van der Waals surface area contributed by atoms with Crippen molar-refractivity contribution in [3.05, 3.63) is 101 Å². The maximum Gasteiger partial charge on any atom is 0.267 e. The fourth-order valence-electron chi connectivity index (χ4n) is 4.76. The van der Waals surface area contributed by atoms with E-state index in [4.69, 9.17) is 9.73 Å². The van der Waals surface area contributed by atoms with Crippen LogP contribution in [0.5, 0.6) is 5.75 Å². The van der Waals surface area contributed by atoms with Gasteiger partial charge in [0.2, 0.25) is 0 Å². The van der Waals surface area contributed by atoms with Crippen molar-refractivity contribution < 1.29 is 13.9 Å². The van der Waals surface area contributed by atoms with Gasteiger partial charge in [0.15, 0.2) is 5.17 Å². The van der Waals surface area contributed by atoms with E-state index in [0.717, 1.165) is 41.2 Å². The van der Waals surface area contributed by atoms with E-state index >= 15 is 0 Å². The summed E-state index contributed by atoms with van der Waals surface area (Å²) < 4.78 is 19.2. The van der Waals surface area contributed by atoms with Gasteiger partial charge in [0, 0.05) is 6.04 Å². The third kappa shape index (κ3) is 5.71. The second-order valence-electron chi connectivity index (χ2n) is 9.33. The van der Waals surface area contributed by atoms with Crippen LogP contribution >= 0.6 is 11.8 Å². The molecule has 2 atom stereocenters. The van der Waals surface area contributed by atoms with Gasteiger partial charge in [-0.1, -0.05) is 62.2 Å². The molecule has 36 heavy (non-hydrogen) atoms. The second kappa shape index (κ2) is 11.1. The van der Waals surface area contributed by atoms with E-state index in [-0.39, 0.29) is 17.8 Å². The first-order valence-electron chi connectivity index (χ1n) is 12.4. The van der Waals surface area contributed by atoms with Crippen LogP contribution in [-0.4, -0.2) is 22.0 Å². The van der Waals surface area contributed by atoms with Gasteiger partial charge in [-0.25, -0.2) is 9.38 Å². The Morgan fingerprint density at radius 2 is 1.81 bits per heavy atom. The van der Waals surface area contributed by atoms with Gasteiger partial charge in [-0.05, 0) is 84.1 Å². The zero-order valence-corrected chi connectivity index (χ0v) is 21.1. The number of carbonyl (C=O) groups excluding carboxylic acids is 1. The summed E-state index contributed by atoms with van der Waals surface area (Å²) in [6, 6.07) is 24.0. The highest BCUT2D eigenvalue weighted by Crippen LogP contribution is 2.40. The zero-order valence-electron chi connectivity index (χ0n) is 20.3. The Kier molecular flexibility index (Phi) is 7.52. The van der Waals surface area contributed by atoms with Crippen LogP contribution in [0.2, 0.25) is 0 Å². The molecule has 1 heterocycles. The SMILES string of the molecule is C[C@H]1CCCC[C@@H]1N1C(=O)/C(=C/c2ccc(OCc3cccc(F)c3)cc2)SC1=Nc1ccccc1. The molecule has 0 unspecified atom stereocenters. The third-order valence-electron chi connectivity index (χ3n) is 6.69. The van der Waals surface area contributed by atoms with Crippen LogP contribution in [-0.2, 0) is 11.4 Å². The van der Waals surface area contributed by atoms with Gasteiger partial charge in [0.1, 0.15) is 18.2 Å². The highest BCUT2D eigenvalue weighted by Gasteiger charge is 2.41. The maximum atomic E-state index is 13.6. The van der Waals surface area contributed by atoms with Crippen molar-refractivity contribution in [3.8, 4) is 5.75 Å². The second-order valence-corrected chi connectivity index (χ2v) is 10.3. The molecular formula is C30H29FN2O2S. The van der Waals surface area contributed by atoms with Gasteiger partial charge in [-0.2, -0.15) is 0 Å². The number of amidine groups is 1. The van der Waals surface area contributed by atoms with Crippen LogP contribution in [0.1, 0.15) is 43.7 Å². The Morgan fingerprint density at radius 1 is 1.03 bits per heavy atom. The lowest BCUT2D eigenvalue weighted by Crippen LogP contribution is -2.44. The molecular weight excluding hydrogens is 471 g/mol. The van der Waals surface area contributed by atoms with Crippen LogP contribution in [0.4, 0.5) is 10.1 Å². The van der Waals surface area contributed by atoms with Crippen LogP contribution < -0.4 is 4.74 Å². The minimum absolute atomic E-state index is 0.0276. The molecule has 4 nitrogen and oxygen atoms in total. The number of benzene rings is 3. The van der Waals surface area contributed by atoms with Crippen molar-refractivity contribution in [2.24, 2.45) is 10.9 Å². The predicted octanol–water partition coefficient (Wildman–Crippen LogP) is 7.59. The van der Waals surface area contributed by atoms with Crippen molar-refractivity contribution in [2.45, 2.75) is 45.3 Å². The molecule has 1 aliphatic heterocycles. The minimum atomic E-state index is -0.274. The quantitative estimate of drug-likeness (QED) is 0.328. The predicted molar refractivity (Wildman–Crippen MR) is 145 cm³/mol. The fourth-order valence-corrected chi connectivity index (χ4v) is 5.80. The Balaban J connectivity index is 1.35. The number of hydrogen-bond donors (Lipinski definition) is 0. The lowest BCUT2D eigenvalue weighted by Gasteiger charge is -2.35. The average molecular weight is 501 g/mol. The molecule has 1 amide bonds. The smallest absolute Gasteiger partial charge is 0.267 e. The fraction of sp³-hybridized carbons (Fsp3) is 0.267. The lowest BCUT2D eigenvalue weighted by atomic mass is 9.85. The number of para-hydroxylation sites is 1. The van der Waals surface area contributed by atoms with Crippen LogP contribution in [0.15, 0.2) is 88.8 Å². The largest absolute Gasteiger partial charge is 0.489 e. The summed E-state index contributed by atoms with van der Waals surface area (Å²) in [7, 11) is 0. The standard InChI is InChI=1S/C30H29FN2O2S/c1-21-8-5-6-13-27(21)33-29(34)28(36-30(33)32-25-11-3-2-4-12-25)19-22-14-16-26(17-15-22)35-20-23-9-7-10-24(31)18-23/h2-4,7,9-12,14-19,21,27H,5-6,8,13,20H2,1H3/b28-19-,32-30?/t21-,27-/m0/s1. The molecule has 0 aromatic heterocycles. The molecule has 3 aromatic rings. The summed E-state index contributed by atoms with van der Waals surface area (Å²) in [6.45, 7) is 2.53. The number of nitrogens with zero attached hydrogens (tertiary/aromatic N) is 2. The molecule has 0 spiro atoms. The van der Waals surface area contributed by atoms with E-state index in [0.29, 0.717) is 23.2 Å². The Hall–Kier alpha value is -3.38. The van der Waals surface area contributed by atoms with Gasteiger partial charge < -0.3 is 4.74 Å². The van der Waals surface area contributed by atoms with Crippen LogP contribution in [0.3, 0.4) is 0 Å². The lowest BCUT2D eigenvalue weighted by molar-refractivity contribution is -0.124. The first-order valence-corrected chi connectivity index (χ1v) is 13.2. The summed E-state index contributed by atoms with van der Waals surface area (Å²) in [5.74, 6) is 0.887. The number of carbonyl (C=O) groups is 1. The highest BCUT2D eigenvalue weighted by molar-refractivity contribution is 8.18. The molecule has 0 radical (unpaired) electrons. The van der Waals surface area contributed by atoms with Crippen molar-refractivity contribution in [1.82, 2.24) is 4.90 Å². The number of ether oxygens (including phenoxy) is 1. The number of thioether (sulfide) groups is 1. The molecule has 6 heteroatoms. The molecule has 5 rings (SSSR count). The Labute approximate surface area is 215 Å². The zero-order chi connectivity index (χ0) is 24.9. The summed E-state index contributed by atoms with van der Waals surface area (Å²) in [6.07, 6.45) is 6.42. The number of amides is 1. The highest BCUT2D eigenvalue weighted by atomic mass is 32.2. The molecule has 1 saturated carbocycles. The van der Waals surface area contributed by atoms with Gasteiger partial charge in [-0.15, -0.1) is 0 Å². The van der Waals surface area contributed by atoms with E-state index in [1.54, 1.807) is 6.07 Å². The number of halogens is 1. The molecule has 184 valence electrons.